The highest BCUT2D eigenvalue weighted by Crippen LogP contribution is 2.38. The van der Waals surface area contributed by atoms with Gasteiger partial charge >= 0.3 is 0 Å². The molecule has 2 aromatic heterocycles. The van der Waals surface area contributed by atoms with E-state index in [0.717, 1.165) is 46.2 Å². The third-order valence-electron chi connectivity index (χ3n) is 5.87. The predicted molar refractivity (Wildman–Crippen MR) is 133 cm³/mol. The second-order valence-corrected chi connectivity index (χ2v) is 10.5. The van der Waals surface area contributed by atoms with Gasteiger partial charge in [0.05, 0.1) is 15.7 Å². The van der Waals surface area contributed by atoms with Gasteiger partial charge in [0.2, 0.25) is 0 Å². The van der Waals surface area contributed by atoms with Gasteiger partial charge in [0, 0.05) is 23.8 Å². The molecule has 1 fully saturated rings. The Morgan fingerprint density at radius 3 is 2.48 bits per heavy atom. The minimum absolute atomic E-state index is 0.199. The van der Waals surface area contributed by atoms with Gasteiger partial charge in [-0.15, -0.1) is 11.3 Å². The maximum atomic E-state index is 13.0. The van der Waals surface area contributed by atoms with E-state index in [9.17, 15) is 14.3 Å². The summed E-state index contributed by atoms with van der Waals surface area (Å²) in [5.74, 6) is -0.370. The first kappa shape index (κ1) is 22.3. The lowest BCUT2D eigenvalue weighted by Crippen LogP contribution is -2.35. The van der Waals surface area contributed by atoms with Crippen LogP contribution in [0.4, 0.5) is 15.2 Å². The molecule has 170 valence electrons. The standard InChI is InChI=1S/C24H21ClFN3O2S2/c25-16-3-1-14(2-4-16)21(30)15-9-11-29(12-10-15)24-28-23-20(33-24)13-19(32-23)22(31)27-18-7-5-17(26)6-8-18/h1-8,13,15,21,30H,9-12H2,(H,27,31). The Kier molecular flexibility index (Phi) is 6.34. The van der Waals surface area contributed by atoms with Crippen LogP contribution in [0, 0.1) is 11.7 Å². The SMILES string of the molecule is O=C(Nc1ccc(F)cc1)c1cc2sc(N3CCC(C(O)c4ccc(Cl)cc4)CC3)nc2s1. The van der Waals surface area contributed by atoms with E-state index >= 15 is 0 Å². The Morgan fingerprint density at radius 1 is 1.12 bits per heavy atom. The zero-order valence-corrected chi connectivity index (χ0v) is 19.9. The monoisotopic (exact) mass is 501 g/mol. The van der Waals surface area contributed by atoms with E-state index in [1.165, 1.54) is 35.6 Å². The van der Waals surface area contributed by atoms with Gasteiger partial charge in [-0.25, -0.2) is 9.37 Å². The van der Waals surface area contributed by atoms with Crippen LogP contribution in [0.1, 0.15) is 34.2 Å². The van der Waals surface area contributed by atoms with Gasteiger partial charge in [-0.05, 0) is 66.8 Å². The largest absolute Gasteiger partial charge is 0.388 e. The number of nitrogens with one attached hydrogen (secondary N) is 1. The molecule has 1 aliphatic rings. The molecule has 5 nitrogen and oxygen atoms in total. The van der Waals surface area contributed by atoms with Crippen molar-refractivity contribution in [3.63, 3.8) is 0 Å². The van der Waals surface area contributed by atoms with Crippen molar-refractivity contribution in [2.24, 2.45) is 5.92 Å². The van der Waals surface area contributed by atoms with E-state index in [2.05, 4.69) is 10.2 Å². The lowest BCUT2D eigenvalue weighted by atomic mass is 9.87. The molecule has 2 aromatic carbocycles. The molecule has 1 saturated heterocycles. The number of hydrogen-bond donors (Lipinski definition) is 2. The summed E-state index contributed by atoms with van der Waals surface area (Å²) in [6.07, 6.45) is 1.26. The van der Waals surface area contributed by atoms with Crippen LogP contribution in [0.2, 0.25) is 5.02 Å². The lowest BCUT2D eigenvalue weighted by molar-refractivity contribution is 0.0929. The van der Waals surface area contributed by atoms with Gasteiger partial charge in [0.15, 0.2) is 5.13 Å². The quantitative estimate of drug-likeness (QED) is 0.334. The molecule has 0 radical (unpaired) electrons. The van der Waals surface area contributed by atoms with Crippen molar-refractivity contribution in [3.05, 3.63) is 75.9 Å². The summed E-state index contributed by atoms with van der Waals surface area (Å²) in [6, 6.07) is 15.0. The zero-order valence-electron chi connectivity index (χ0n) is 17.5. The van der Waals surface area contributed by atoms with Crippen LogP contribution in [0.25, 0.3) is 9.53 Å². The second kappa shape index (κ2) is 9.38. The fraction of sp³-hybridized carbons (Fsp3) is 0.250. The number of thiazole rings is 1. The van der Waals surface area contributed by atoms with Crippen LogP contribution < -0.4 is 10.2 Å². The van der Waals surface area contributed by atoms with Gasteiger partial charge in [-0.2, -0.15) is 0 Å². The van der Waals surface area contributed by atoms with Crippen LogP contribution in [0.3, 0.4) is 0 Å². The number of hydrogen-bond acceptors (Lipinski definition) is 6. The summed E-state index contributed by atoms with van der Waals surface area (Å²) in [7, 11) is 0. The van der Waals surface area contributed by atoms with Crippen molar-refractivity contribution >= 4 is 60.5 Å². The summed E-state index contributed by atoms with van der Waals surface area (Å²) in [5, 5.41) is 15.1. The number of aromatic nitrogens is 1. The molecule has 0 spiro atoms. The average Bonchev–Trinajstić information content (AvgIpc) is 3.40. The molecule has 1 unspecified atom stereocenters. The molecular formula is C24H21ClFN3O2S2. The van der Waals surface area contributed by atoms with Crippen molar-refractivity contribution in [2.75, 3.05) is 23.3 Å². The normalized spacial score (nSPS) is 15.7. The molecule has 33 heavy (non-hydrogen) atoms. The van der Waals surface area contributed by atoms with Crippen molar-refractivity contribution in [2.45, 2.75) is 18.9 Å². The number of amides is 1. The third-order valence-corrected chi connectivity index (χ3v) is 8.34. The molecule has 2 N–H and O–H groups in total. The maximum absolute atomic E-state index is 13.0. The first-order chi connectivity index (χ1) is 16.0. The number of rotatable bonds is 5. The Morgan fingerprint density at radius 2 is 1.82 bits per heavy atom. The third kappa shape index (κ3) is 4.89. The van der Waals surface area contributed by atoms with Crippen molar-refractivity contribution < 1.29 is 14.3 Å². The van der Waals surface area contributed by atoms with Crippen LogP contribution >= 0.6 is 34.3 Å². The number of aliphatic hydroxyl groups excluding tert-OH is 1. The van der Waals surface area contributed by atoms with Gasteiger partial charge in [-0.1, -0.05) is 35.1 Å². The smallest absolute Gasteiger partial charge is 0.265 e. The Hall–Kier alpha value is -2.52. The minimum Gasteiger partial charge on any atom is -0.388 e. The molecule has 0 bridgehead atoms. The topological polar surface area (TPSA) is 65.5 Å². The number of carbonyl (C=O) groups excluding carboxylic acids is 1. The van der Waals surface area contributed by atoms with E-state index < -0.39 is 6.10 Å². The number of aliphatic hydroxyl groups is 1. The van der Waals surface area contributed by atoms with Gasteiger partial charge < -0.3 is 15.3 Å². The molecule has 3 heterocycles. The summed E-state index contributed by atoms with van der Waals surface area (Å²) in [5.41, 5.74) is 1.45. The molecule has 1 aliphatic heterocycles. The number of nitrogens with zero attached hydrogens (tertiary/aromatic N) is 2. The number of piperidine rings is 1. The summed E-state index contributed by atoms with van der Waals surface area (Å²) < 4.78 is 14.0. The Balaban J connectivity index is 1.21. The maximum Gasteiger partial charge on any atom is 0.265 e. The summed E-state index contributed by atoms with van der Waals surface area (Å²) in [6.45, 7) is 1.65. The van der Waals surface area contributed by atoms with Crippen LogP contribution in [-0.2, 0) is 0 Å². The highest BCUT2D eigenvalue weighted by atomic mass is 35.5. The number of thiophene rings is 1. The van der Waals surface area contributed by atoms with E-state index in [1.807, 2.05) is 30.3 Å². The van der Waals surface area contributed by atoms with Gasteiger partial charge in [-0.3, -0.25) is 4.79 Å². The Bertz CT molecular complexity index is 1230. The Labute approximate surface area is 203 Å². The van der Waals surface area contributed by atoms with E-state index in [4.69, 9.17) is 16.6 Å². The number of carbonyl (C=O) groups is 1. The number of benzene rings is 2. The van der Waals surface area contributed by atoms with Crippen molar-refractivity contribution in [1.29, 1.82) is 0 Å². The number of anilines is 2. The molecule has 0 aliphatic carbocycles. The summed E-state index contributed by atoms with van der Waals surface area (Å²) >= 11 is 8.88. The van der Waals surface area contributed by atoms with Gasteiger partial charge in [0.1, 0.15) is 10.6 Å². The molecular weight excluding hydrogens is 481 g/mol. The average molecular weight is 502 g/mol. The fourth-order valence-electron chi connectivity index (χ4n) is 4.04. The second-order valence-electron chi connectivity index (χ2n) is 8.06. The molecule has 1 amide bonds. The fourth-order valence-corrected chi connectivity index (χ4v) is 6.32. The van der Waals surface area contributed by atoms with Crippen molar-refractivity contribution in [1.82, 2.24) is 4.98 Å². The van der Waals surface area contributed by atoms with Crippen LogP contribution in [-0.4, -0.2) is 29.1 Å². The number of fused-ring (bicyclic) bond motifs is 1. The zero-order chi connectivity index (χ0) is 22.9. The minimum atomic E-state index is -0.494. The number of halogens is 2. The van der Waals surface area contributed by atoms with E-state index in [0.29, 0.717) is 15.6 Å². The van der Waals surface area contributed by atoms with E-state index in [-0.39, 0.29) is 17.6 Å². The van der Waals surface area contributed by atoms with Crippen LogP contribution in [0.15, 0.2) is 54.6 Å². The molecule has 0 saturated carbocycles. The van der Waals surface area contributed by atoms with E-state index in [1.54, 1.807) is 11.3 Å². The lowest BCUT2D eigenvalue weighted by Gasteiger charge is -2.34. The molecule has 9 heteroatoms. The first-order valence-corrected chi connectivity index (χ1v) is 12.6. The first-order valence-electron chi connectivity index (χ1n) is 10.6. The van der Waals surface area contributed by atoms with Crippen LogP contribution in [0.5, 0.6) is 0 Å². The highest BCUT2D eigenvalue weighted by molar-refractivity contribution is 7.29. The highest BCUT2D eigenvalue weighted by Gasteiger charge is 2.28. The molecule has 4 aromatic rings. The predicted octanol–water partition coefficient (Wildman–Crippen LogP) is 6.35. The summed E-state index contributed by atoms with van der Waals surface area (Å²) in [4.78, 5) is 20.9. The van der Waals surface area contributed by atoms with Crippen molar-refractivity contribution in [3.8, 4) is 0 Å². The molecule has 1 atom stereocenters. The molecule has 5 rings (SSSR count). The van der Waals surface area contributed by atoms with Gasteiger partial charge in [0.25, 0.3) is 5.91 Å².